The molecule has 2 unspecified atom stereocenters. The molecule has 1 saturated heterocycles. The lowest BCUT2D eigenvalue weighted by molar-refractivity contribution is -0.143. The SMILES string of the molecule is CC1CN(C(=O)Cn2cc(SCc3cccc4ccccc34)c3ccccc32)CC(C)O1. The summed E-state index contributed by atoms with van der Waals surface area (Å²) in [6.45, 7) is 5.73. The molecule has 5 heteroatoms. The minimum absolute atomic E-state index is 0.0796. The molecule has 0 radical (unpaired) electrons. The smallest absolute Gasteiger partial charge is 0.242 e. The molecule has 4 aromatic rings. The van der Waals surface area contributed by atoms with Crippen molar-refractivity contribution in [3.63, 3.8) is 0 Å². The summed E-state index contributed by atoms with van der Waals surface area (Å²) in [4.78, 5) is 16.2. The van der Waals surface area contributed by atoms with Crippen molar-refractivity contribution in [1.29, 1.82) is 0 Å². The second-order valence-corrected chi connectivity index (χ2v) is 9.64. The lowest BCUT2D eigenvalue weighted by atomic mass is 10.1. The average molecular weight is 445 g/mol. The normalized spacial score (nSPS) is 19.0. The topological polar surface area (TPSA) is 34.5 Å². The van der Waals surface area contributed by atoms with Crippen LogP contribution < -0.4 is 0 Å². The van der Waals surface area contributed by atoms with Crippen molar-refractivity contribution in [2.75, 3.05) is 13.1 Å². The van der Waals surface area contributed by atoms with E-state index in [2.05, 4.69) is 71.4 Å². The zero-order chi connectivity index (χ0) is 22.1. The Kier molecular flexibility index (Phi) is 5.94. The summed E-state index contributed by atoms with van der Waals surface area (Å²) in [5, 5.41) is 3.78. The number of nitrogens with zero attached hydrogens (tertiary/aromatic N) is 2. The fourth-order valence-electron chi connectivity index (χ4n) is 4.66. The van der Waals surface area contributed by atoms with E-state index < -0.39 is 0 Å². The van der Waals surface area contributed by atoms with Gasteiger partial charge in [-0.05, 0) is 36.2 Å². The molecular formula is C27H28N2O2S. The van der Waals surface area contributed by atoms with Gasteiger partial charge in [0.1, 0.15) is 6.54 Å². The number of carbonyl (C=O) groups is 1. The number of rotatable bonds is 5. The zero-order valence-electron chi connectivity index (χ0n) is 18.5. The van der Waals surface area contributed by atoms with Crippen molar-refractivity contribution in [3.05, 3.63) is 78.5 Å². The molecule has 32 heavy (non-hydrogen) atoms. The molecule has 5 rings (SSSR count). The number of amides is 1. The Morgan fingerprint density at radius 3 is 2.44 bits per heavy atom. The van der Waals surface area contributed by atoms with Gasteiger partial charge in [0.15, 0.2) is 0 Å². The molecule has 1 aliphatic heterocycles. The van der Waals surface area contributed by atoms with Gasteiger partial charge in [-0.25, -0.2) is 0 Å². The van der Waals surface area contributed by atoms with Crippen LogP contribution in [0, 0.1) is 0 Å². The van der Waals surface area contributed by atoms with Crippen LogP contribution in [0.2, 0.25) is 0 Å². The van der Waals surface area contributed by atoms with E-state index in [0.29, 0.717) is 19.6 Å². The quantitative estimate of drug-likeness (QED) is 0.369. The van der Waals surface area contributed by atoms with Crippen LogP contribution in [0.5, 0.6) is 0 Å². The first-order valence-electron chi connectivity index (χ1n) is 11.2. The Balaban J connectivity index is 1.38. The predicted molar refractivity (Wildman–Crippen MR) is 132 cm³/mol. The number of hydrogen-bond donors (Lipinski definition) is 0. The Labute approximate surface area is 193 Å². The summed E-state index contributed by atoms with van der Waals surface area (Å²) in [6, 6.07) is 23.4. The zero-order valence-corrected chi connectivity index (χ0v) is 19.3. The van der Waals surface area contributed by atoms with E-state index in [1.54, 1.807) is 0 Å². The maximum atomic E-state index is 13.1. The van der Waals surface area contributed by atoms with Crippen molar-refractivity contribution in [2.45, 2.75) is 43.2 Å². The molecule has 0 bridgehead atoms. The van der Waals surface area contributed by atoms with E-state index in [4.69, 9.17) is 4.74 Å². The molecule has 0 N–H and O–H groups in total. The molecule has 3 aromatic carbocycles. The number of morpholine rings is 1. The first kappa shape index (κ1) is 21.1. The third-order valence-electron chi connectivity index (χ3n) is 6.09. The molecule has 0 saturated carbocycles. The molecule has 0 spiro atoms. The second kappa shape index (κ2) is 9.00. The number of hydrogen-bond acceptors (Lipinski definition) is 3. The highest BCUT2D eigenvalue weighted by molar-refractivity contribution is 7.98. The minimum atomic E-state index is 0.0796. The van der Waals surface area contributed by atoms with Crippen LogP contribution in [-0.4, -0.2) is 40.7 Å². The number of para-hydroxylation sites is 1. The molecule has 1 aromatic heterocycles. The van der Waals surface area contributed by atoms with E-state index in [1.165, 1.54) is 26.6 Å². The Bertz CT molecular complexity index is 1250. The van der Waals surface area contributed by atoms with Crippen molar-refractivity contribution in [2.24, 2.45) is 0 Å². The summed E-state index contributed by atoms with van der Waals surface area (Å²) < 4.78 is 7.90. The van der Waals surface area contributed by atoms with E-state index in [1.807, 2.05) is 36.6 Å². The number of ether oxygens (including phenoxy) is 1. The fourth-order valence-corrected chi connectivity index (χ4v) is 5.75. The van der Waals surface area contributed by atoms with Gasteiger partial charge in [0, 0.05) is 40.8 Å². The lowest BCUT2D eigenvalue weighted by Crippen LogP contribution is -2.49. The van der Waals surface area contributed by atoms with Crippen LogP contribution >= 0.6 is 11.8 Å². The highest BCUT2D eigenvalue weighted by atomic mass is 32.2. The summed E-state index contributed by atoms with van der Waals surface area (Å²) in [5.74, 6) is 1.04. The summed E-state index contributed by atoms with van der Waals surface area (Å²) in [7, 11) is 0. The van der Waals surface area contributed by atoms with Crippen LogP contribution in [0.1, 0.15) is 19.4 Å². The predicted octanol–water partition coefficient (Wildman–Crippen LogP) is 5.72. The van der Waals surface area contributed by atoms with Crippen LogP contribution in [0.15, 0.2) is 77.8 Å². The van der Waals surface area contributed by atoms with Crippen LogP contribution in [-0.2, 0) is 21.8 Å². The third-order valence-corrected chi connectivity index (χ3v) is 7.18. The van der Waals surface area contributed by atoms with E-state index in [-0.39, 0.29) is 18.1 Å². The molecule has 2 heterocycles. The molecule has 4 nitrogen and oxygen atoms in total. The number of carbonyl (C=O) groups excluding carboxylic acids is 1. The van der Waals surface area contributed by atoms with Gasteiger partial charge in [-0.15, -0.1) is 11.8 Å². The van der Waals surface area contributed by atoms with Crippen molar-refractivity contribution >= 4 is 39.3 Å². The number of benzene rings is 3. The first-order valence-corrected chi connectivity index (χ1v) is 12.2. The van der Waals surface area contributed by atoms with Gasteiger partial charge in [-0.3, -0.25) is 4.79 Å². The standard InChI is InChI=1S/C27H28N2O2S/c1-19-14-29(15-20(2)31-19)27(30)17-28-16-26(24-12-5-6-13-25(24)28)32-18-22-10-7-9-21-8-3-4-11-23(21)22/h3-13,16,19-20H,14-15,17-18H2,1-2H3. The van der Waals surface area contributed by atoms with Crippen molar-refractivity contribution in [1.82, 2.24) is 9.47 Å². The highest BCUT2D eigenvalue weighted by Crippen LogP contribution is 2.34. The van der Waals surface area contributed by atoms with Gasteiger partial charge in [-0.1, -0.05) is 60.7 Å². The van der Waals surface area contributed by atoms with Gasteiger partial charge in [0.25, 0.3) is 0 Å². The van der Waals surface area contributed by atoms with Gasteiger partial charge >= 0.3 is 0 Å². The maximum Gasteiger partial charge on any atom is 0.242 e. The van der Waals surface area contributed by atoms with E-state index >= 15 is 0 Å². The van der Waals surface area contributed by atoms with Gasteiger partial charge < -0.3 is 14.2 Å². The number of thioether (sulfide) groups is 1. The van der Waals surface area contributed by atoms with Crippen LogP contribution in [0.3, 0.4) is 0 Å². The van der Waals surface area contributed by atoms with Crippen LogP contribution in [0.4, 0.5) is 0 Å². The Hall–Kier alpha value is -2.76. The first-order chi connectivity index (χ1) is 15.6. The summed E-state index contributed by atoms with van der Waals surface area (Å²) >= 11 is 1.84. The lowest BCUT2D eigenvalue weighted by Gasteiger charge is -2.35. The average Bonchev–Trinajstić information content (AvgIpc) is 3.14. The molecule has 2 atom stereocenters. The fraction of sp³-hybridized carbons (Fsp3) is 0.296. The molecule has 1 aliphatic rings. The molecule has 0 aliphatic carbocycles. The van der Waals surface area contributed by atoms with Gasteiger partial charge in [-0.2, -0.15) is 0 Å². The second-order valence-electron chi connectivity index (χ2n) is 8.62. The Morgan fingerprint density at radius 2 is 1.62 bits per heavy atom. The molecule has 1 amide bonds. The van der Waals surface area contributed by atoms with Crippen molar-refractivity contribution < 1.29 is 9.53 Å². The van der Waals surface area contributed by atoms with Crippen molar-refractivity contribution in [3.8, 4) is 0 Å². The Morgan fingerprint density at radius 1 is 0.938 bits per heavy atom. The number of aromatic nitrogens is 1. The van der Waals surface area contributed by atoms with E-state index in [9.17, 15) is 4.79 Å². The van der Waals surface area contributed by atoms with E-state index in [0.717, 1.165) is 11.3 Å². The number of fused-ring (bicyclic) bond motifs is 2. The third kappa shape index (κ3) is 4.27. The minimum Gasteiger partial charge on any atom is -0.372 e. The molecular weight excluding hydrogens is 416 g/mol. The van der Waals surface area contributed by atoms with Crippen LogP contribution in [0.25, 0.3) is 21.7 Å². The van der Waals surface area contributed by atoms with Gasteiger partial charge in [0.05, 0.1) is 12.2 Å². The van der Waals surface area contributed by atoms with Gasteiger partial charge in [0.2, 0.25) is 5.91 Å². The monoisotopic (exact) mass is 444 g/mol. The maximum absolute atomic E-state index is 13.1. The summed E-state index contributed by atoms with van der Waals surface area (Å²) in [5.41, 5.74) is 2.44. The largest absolute Gasteiger partial charge is 0.372 e. The highest BCUT2D eigenvalue weighted by Gasteiger charge is 2.26. The molecule has 1 fully saturated rings. The molecule has 164 valence electrons. The summed E-state index contributed by atoms with van der Waals surface area (Å²) in [6.07, 6.45) is 2.30.